The summed E-state index contributed by atoms with van der Waals surface area (Å²) in [5.41, 5.74) is 1.08. The molecule has 19 heavy (non-hydrogen) atoms. The quantitative estimate of drug-likeness (QED) is 0.616. The molecule has 5 heteroatoms. The zero-order valence-corrected chi connectivity index (χ0v) is 12.4. The fourth-order valence-corrected chi connectivity index (χ4v) is 1.60. The maximum Gasteiger partial charge on any atom is 0.118 e. The van der Waals surface area contributed by atoms with Crippen LogP contribution in [0.3, 0.4) is 0 Å². The molecule has 1 aromatic carbocycles. The summed E-state index contributed by atoms with van der Waals surface area (Å²) in [4.78, 5) is 0. The van der Waals surface area contributed by atoms with E-state index in [9.17, 15) is 4.21 Å². The smallest absolute Gasteiger partial charge is 0.118 e. The highest BCUT2D eigenvalue weighted by Gasteiger charge is 2.18. The largest absolute Gasteiger partial charge is 0.497 e. The molecule has 0 saturated carbocycles. The Kier molecular flexibility index (Phi) is 6.21. The van der Waals surface area contributed by atoms with Crippen molar-refractivity contribution in [1.29, 1.82) is 0 Å². The summed E-state index contributed by atoms with van der Waals surface area (Å²) in [6, 6.07) is 7.72. The van der Waals surface area contributed by atoms with Crippen LogP contribution in [0.2, 0.25) is 0 Å². The minimum atomic E-state index is -1.38. The molecule has 0 fully saturated rings. The summed E-state index contributed by atoms with van der Waals surface area (Å²) in [5.74, 6) is 0.829. The van der Waals surface area contributed by atoms with E-state index in [1.54, 1.807) is 7.11 Å². The molecule has 0 saturated heterocycles. The van der Waals surface area contributed by atoms with Gasteiger partial charge in [0.05, 0.1) is 36.1 Å². The van der Waals surface area contributed by atoms with E-state index in [0.29, 0.717) is 13.2 Å². The van der Waals surface area contributed by atoms with E-state index >= 15 is 0 Å². The van der Waals surface area contributed by atoms with Crippen molar-refractivity contribution in [3.63, 3.8) is 0 Å². The number of benzene rings is 1. The van der Waals surface area contributed by atoms with Gasteiger partial charge in [0.1, 0.15) is 5.75 Å². The van der Waals surface area contributed by atoms with Crippen LogP contribution in [0.25, 0.3) is 0 Å². The van der Waals surface area contributed by atoms with Crippen molar-refractivity contribution in [3.05, 3.63) is 42.0 Å². The summed E-state index contributed by atoms with van der Waals surface area (Å²) >= 11 is 0. The third-order valence-corrected chi connectivity index (χ3v) is 3.85. The van der Waals surface area contributed by atoms with Crippen LogP contribution < -0.4 is 9.88 Å². The molecule has 1 atom stereocenters. The van der Waals surface area contributed by atoms with Crippen LogP contribution >= 0.6 is 0 Å². The second kappa shape index (κ2) is 7.43. The summed E-state index contributed by atoms with van der Waals surface area (Å²) in [5, 5.41) is 5.37. The lowest BCUT2D eigenvalue weighted by atomic mass is 10.2. The van der Waals surface area contributed by atoms with Crippen molar-refractivity contribution in [2.75, 3.05) is 13.7 Å². The van der Waals surface area contributed by atoms with Gasteiger partial charge in [0.2, 0.25) is 0 Å². The molecule has 0 aliphatic heterocycles. The molecular weight excluding hydrogens is 262 g/mol. The average molecular weight is 283 g/mol. The summed E-state index contributed by atoms with van der Waals surface area (Å²) in [6.07, 6.45) is 3.66. The third-order valence-electron chi connectivity index (χ3n) is 2.68. The fourth-order valence-electron chi connectivity index (χ4n) is 1.37. The lowest BCUT2D eigenvalue weighted by Crippen LogP contribution is -2.29. The van der Waals surface area contributed by atoms with E-state index in [2.05, 4.69) is 0 Å². The SMILES string of the molecule is COc1ccc(COCC=CC(C)(C)S(N)=O)cc1. The molecule has 106 valence electrons. The Bertz CT molecular complexity index is 441. The summed E-state index contributed by atoms with van der Waals surface area (Å²) in [6.45, 7) is 4.64. The van der Waals surface area contributed by atoms with Gasteiger partial charge in [-0.15, -0.1) is 0 Å². The van der Waals surface area contributed by atoms with Gasteiger partial charge < -0.3 is 9.47 Å². The normalized spacial score (nSPS) is 13.7. The molecule has 2 N–H and O–H groups in total. The molecule has 0 radical (unpaired) electrons. The van der Waals surface area contributed by atoms with Crippen molar-refractivity contribution in [2.24, 2.45) is 5.14 Å². The lowest BCUT2D eigenvalue weighted by Gasteiger charge is -2.15. The number of hydrogen-bond donors (Lipinski definition) is 1. The molecule has 0 bridgehead atoms. The van der Waals surface area contributed by atoms with Crippen LogP contribution in [-0.4, -0.2) is 22.7 Å². The maximum absolute atomic E-state index is 11.2. The van der Waals surface area contributed by atoms with Gasteiger partial charge in [-0.1, -0.05) is 24.3 Å². The number of hydrogen-bond acceptors (Lipinski definition) is 3. The van der Waals surface area contributed by atoms with Crippen LogP contribution in [-0.2, 0) is 22.3 Å². The van der Waals surface area contributed by atoms with Crippen LogP contribution in [0.5, 0.6) is 5.75 Å². The average Bonchev–Trinajstić information content (AvgIpc) is 2.38. The van der Waals surface area contributed by atoms with Gasteiger partial charge in [-0.25, -0.2) is 4.21 Å². The number of ether oxygens (including phenoxy) is 2. The van der Waals surface area contributed by atoms with E-state index in [0.717, 1.165) is 11.3 Å². The minimum absolute atomic E-state index is 0.465. The molecule has 0 aliphatic carbocycles. The van der Waals surface area contributed by atoms with Crippen LogP contribution in [0.15, 0.2) is 36.4 Å². The van der Waals surface area contributed by atoms with E-state index in [-0.39, 0.29) is 0 Å². The summed E-state index contributed by atoms with van der Waals surface area (Å²) in [7, 11) is 0.261. The Balaban J connectivity index is 2.34. The molecule has 0 aromatic heterocycles. The Morgan fingerprint density at radius 1 is 1.32 bits per heavy atom. The van der Waals surface area contributed by atoms with Crippen molar-refractivity contribution in [1.82, 2.24) is 0 Å². The van der Waals surface area contributed by atoms with Gasteiger partial charge in [-0.2, -0.15) is 0 Å². The number of methoxy groups -OCH3 is 1. The fraction of sp³-hybridized carbons (Fsp3) is 0.429. The molecular formula is C14H21NO3S. The van der Waals surface area contributed by atoms with Crippen LogP contribution in [0.4, 0.5) is 0 Å². The second-order valence-corrected chi connectivity index (χ2v) is 6.31. The van der Waals surface area contributed by atoms with Crippen molar-refractivity contribution < 1.29 is 13.7 Å². The first-order chi connectivity index (χ1) is 8.95. The van der Waals surface area contributed by atoms with Gasteiger partial charge in [-0.05, 0) is 31.5 Å². The first-order valence-corrected chi connectivity index (χ1v) is 7.21. The van der Waals surface area contributed by atoms with E-state index in [4.69, 9.17) is 14.6 Å². The Morgan fingerprint density at radius 2 is 1.95 bits per heavy atom. The monoisotopic (exact) mass is 283 g/mol. The zero-order chi connectivity index (χ0) is 14.3. The van der Waals surface area contributed by atoms with Crippen molar-refractivity contribution >= 4 is 11.0 Å². The first kappa shape index (κ1) is 15.9. The molecule has 0 aliphatic rings. The minimum Gasteiger partial charge on any atom is -0.497 e. The highest BCUT2D eigenvalue weighted by Crippen LogP contribution is 2.13. The van der Waals surface area contributed by atoms with Gasteiger partial charge >= 0.3 is 0 Å². The van der Waals surface area contributed by atoms with E-state index in [1.165, 1.54) is 0 Å². The predicted octanol–water partition coefficient (Wildman–Crippen LogP) is 2.17. The Hall–Kier alpha value is -1.17. The maximum atomic E-state index is 11.2. The topological polar surface area (TPSA) is 61.6 Å². The van der Waals surface area contributed by atoms with E-state index in [1.807, 2.05) is 50.3 Å². The molecule has 0 heterocycles. The van der Waals surface area contributed by atoms with Crippen molar-refractivity contribution in [3.8, 4) is 5.75 Å². The van der Waals surface area contributed by atoms with Gasteiger partial charge in [-0.3, -0.25) is 5.14 Å². The lowest BCUT2D eigenvalue weighted by molar-refractivity contribution is 0.148. The predicted molar refractivity (Wildman–Crippen MR) is 78.2 cm³/mol. The molecule has 0 spiro atoms. The van der Waals surface area contributed by atoms with Gasteiger partial charge in [0.15, 0.2) is 0 Å². The van der Waals surface area contributed by atoms with E-state index < -0.39 is 15.7 Å². The molecule has 4 nitrogen and oxygen atoms in total. The highest BCUT2D eigenvalue weighted by atomic mass is 32.2. The van der Waals surface area contributed by atoms with Gasteiger partial charge in [0.25, 0.3) is 0 Å². The number of nitrogens with two attached hydrogens (primary N) is 1. The van der Waals surface area contributed by atoms with Gasteiger partial charge in [0, 0.05) is 0 Å². The molecule has 0 amide bonds. The number of rotatable bonds is 7. The zero-order valence-electron chi connectivity index (χ0n) is 11.6. The molecule has 1 aromatic rings. The van der Waals surface area contributed by atoms with Crippen LogP contribution in [0.1, 0.15) is 19.4 Å². The standard InChI is InChI=1S/C14H21NO3S/c1-14(2,19(15)16)9-4-10-18-11-12-5-7-13(17-3)8-6-12/h4-9H,10-11,15H2,1-3H3. The molecule has 1 unspecified atom stereocenters. The second-order valence-electron chi connectivity index (χ2n) is 4.67. The Labute approximate surface area is 117 Å². The summed E-state index contributed by atoms with van der Waals surface area (Å²) < 4.78 is 21.3. The Morgan fingerprint density at radius 3 is 2.47 bits per heavy atom. The third kappa shape index (κ3) is 5.55. The highest BCUT2D eigenvalue weighted by molar-refractivity contribution is 7.84. The van der Waals surface area contributed by atoms with Crippen LogP contribution in [0, 0.1) is 0 Å². The van der Waals surface area contributed by atoms with Crippen molar-refractivity contribution in [2.45, 2.75) is 25.2 Å². The molecule has 1 rings (SSSR count). The first-order valence-electron chi connectivity index (χ1n) is 6.00.